The van der Waals surface area contributed by atoms with Crippen LogP contribution in [0.2, 0.25) is 10.0 Å². The number of para-hydroxylation sites is 1. The monoisotopic (exact) mass is 522 g/mol. The molecule has 0 N–H and O–H groups in total. The molecule has 6 rings (SSSR count). The van der Waals surface area contributed by atoms with E-state index in [9.17, 15) is 9.59 Å². The Hall–Kier alpha value is -4.44. The van der Waals surface area contributed by atoms with E-state index in [1.54, 1.807) is 12.1 Å². The number of benzene rings is 3. The number of fused-ring (bicyclic) bond motifs is 2. The second-order valence-electron chi connectivity index (χ2n) is 8.63. The van der Waals surface area contributed by atoms with Crippen LogP contribution in [-0.2, 0) is 7.05 Å². The van der Waals surface area contributed by atoms with E-state index in [-0.39, 0.29) is 26.7 Å². The number of aryl methyl sites for hydroxylation is 1. The van der Waals surface area contributed by atoms with Crippen LogP contribution in [0.5, 0.6) is 0 Å². The van der Waals surface area contributed by atoms with Crippen molar-refractivity contribution >= 4 is 57.7 Å². The van der Waals surface area contributed by atoms with Gasteiger partial charge in [0.2, 0.25) is 0 Å². The van der Waals surface area contributed by atoms with Crippen LogP contribution in [0.25, 0.3) is 39.0 Å². The van der Waals surface area contributed by atoms with E-state index in [4.69, 9.17) is 34.8 Å². The molecule has 0 atom stereocenters. The van der Waals surface area contributed by atoms with Crippen molar-refractivity contribution in [3.8, 4) is 16.9 Å². The number of rotatable bonds is 3. The highest BCUT2D eigenvalue weighted by molar-refractivity contribution is 6.46. The number of allylic oxidation sites excluding steroid dienone is 1. The normalized spacial score (nSPS) is 12.8. The molecule has 8 heteroatoms. The molecule has 1 aliphatic rings. The number of aromatic nitrogens is 3. The molecule has 0 radical (unpaired) electrons. The number of hydrogen-bond acceptors (Lipinski definition) is 3. The number of hydrogen-bond donors (Lipinski definition) is 0. The minimum atomic E-state index is -0.411. The van der Waals surface area contributed by atoms with E-state index >= 15 is 0 Å². The maximum atomic E-state index is 13.2. The summed E-state index contributed by atoms with van der Waals surface area (Å²) in [5, 5.41) is 0.438. The topological polar surface area (TPSA) is 61.2 Å². The molecule has 2 aromatic heterocycles. The molecule has 0 spiro atoms. The average molecular weight is 523 g/mol. The van der Waals surface area contributed by atoms with Gasteiger partial charge in [-0.1, -0.05) is 65.7 Å². The number of Topliss-reactive ketones (excluding diaryl/α,β-unsaturated/α-hetero) is 2. The Bertz CT molecular complexity index is 1800. The van der Waals surface area contributed by atoms with E-state index in [0.29, 0.717) is 17.2 Å². The minimum Gasteiger partial charge on any atom is -0.327 e. The molecular formula is C29H16Cl2N4O2. The first-order valence-corrected chi connectivity index (χ1v) is 12.0. The zero-order valence-electron chi connectivity index (χ0n) is 19.4. The number of ketones is 2. The van der Waals surface area contributed by atoms with Gasteiger partial charge in [0.25, 0.3) is 0 Å². The molecular weight excluding hydrogens is 507 g/mol. The summed E-state index contributed by atoms with van der Waals surface area (Å²) in [6.45, 7) is 7.20. The van der Waals surface area contributed by atoms with Crippen molar-refractivity contribution in [1.29, 1.82) is 0 Å². The lowest BCUT2D eigenvalue weighted by Gasteiger charge is -2.07. The van der Waals surface area contributed by atoms with Crippen molar-refractivity contribution in [2.45, 2.75) is 0 Å². The van der Waals surface area contributed by atoms with Crippen molar-refractivity contribution in [1.82, 2.24) is 14.1 Å². The third-order valence-electron chi connectivity index (χ3n) is 6.49. The van der Waals surface area contributed by atoms with Crippen molar-refractivity contribution in [2.24, 2.45) is 7.05 Å². The van der Waals surface area contributed by atoms with Crippen molar-refractivity contribution in [2.75, 3.05) is 0 Å². The highest BCUT2D eigenvalue weighted by Gasteiger charge is 2.34. The second kappa shape index (κ2) is 8.59. The fourth-order valence-electron chi connectivity index (χ4n) is 4.66. The van der Waals surface area contributed by atoms with Crippen LogP contribution in [0.1, 0.15) is 26.5 Å². The largest absolute Gasteiger partial charge is 0.327 e. The van der Waals surface area contributed by atoms with Crippen molar-refractivity contribution in [3.05, 3.63) is 117 Å². The van der Waals surface area contributed by atoms with Gasteiger partial charge in [0, 0.05) is 23.9 Å². The van der Waals surface area contributed by atoms with Gasteiger partial charge in [-0.05, 0) is 42.0 Å². The Morgan fingerprint density at radius 1 is 0.892 bits per heavy atom. The number of nitrogens with zero attached hydrogens (tertiary/aromatic N) is 4. The summed E-state index contributed by atoms with van der Waals surface area (Å²) in [5.41, 5.74) is 5.23. The van der Waals surface area contributed by atoms with E-state index in [0.717, 1.165) is 22.5 Å². The summed E-state index contributed by atoms with van der Waals surface area (Å²) >= 11 is 12.2. The lowest BCUT2D eigenvalue weighted by molar-refractivity contribution is 0.0990. The molecule has 0 fully saturated rings. The number of imidazole rings is 1. The summed E-state index contributed by atoms with van der Waals surface area (Å²) in [6, 6.07) is 21.9. The molecule has 0 aliphatic heterocycles. The highest BCUT2D eigenvalue weighted by Crippen LogP contribution is 2.36. The molecule has 0 saturated carbocycles. The van der Waals surface area contributed by atoms with Gasteiger partial charge in [0.15, 0.2) is 22.9 Å². The molecule has 37 heavy (non-hydrogen) atoms. The average Bonchev–Trinajstić information content (AvgIpc) is 3.50. The van der Waals surface area contributed by atoms with Crippen LogP contribution in [0.4, 0.5) is 5.69 Å². The predicted octanol–water partition coefficient (Wildman–Crippen LogP) is 7.35. The Morgan fingerprint density at radius 2 is 1.51 bits per heavy atom. The molecule has 1 aliphatic carbocycles. The molecule has 0 unspecified atom stereocenters. The molecule has 0 saturated heterocycles. The Balaban J connectivity index is 1.55. The van der Waals surface area contributed by atoms with Gasteiger partial charge >= 0.3 is 0 Å². The zero-order chi connectivity index (χ0) is 25.8. The first-order chi connectivity index (χ1) is 17.9. The Morgan fingerprint density at radius 3 is 2.11 bits per heavy atom. The maximum Gasteiger partial charge on any atom is 0.197 e. The molecule has 6 nitrogen and oxygen atoms in total. The van der Waals surface area contributed by atoms with Gasteiger partial charge < -0.3 is 4.57 Å². The van der Waals surface area contributed by atoms with Crippen LogP contribution in [0.15, 0.2) is 78.4 Å². The van der Waals surface area contributed by atoms with E-state index in [1.165, 1.54) is 18.2 Å². The van der Waals surface area contributed by atoms with Crippen LogP contribution < -0.4 is 0 Å². The summed E-state index contributed by atoms with van der Waals surface area (Å²) in [7, 11) is 1.91. The molecule has 0 bridgehead atoms. The van der Waals surface area contributed by atoms with Gasteiger partial charge in [-0.2, -0.15) is 0 Å². The maximum absolute atomic E-state index is 13.2. The van der Waals surface area contributed by atoms with Crippen LogP contribution in [0, 0.1) is 6.57 Å². The summed E-state index contributed by atoms with van der Waals surface area (Å²) in [4.78, 5) is 34.7. The van der Waals surface area contributed by atoms with Gasteiger partial charge in [-0.3, -0.25) is 14.2 Å². The third-order valence-corrected chi connectivity index (χ3v) is 7.21. The Kier molecular flexibility index (Phi) is 5.34. The Labute approximate surface area is 221 Å². The van der Waals surface area contributed by atoms with Gasteiger partial charge in [-0.15, -0.1) is 0 Å². The van der Waals surface area contributed by atoms with E-state index < -0.39 is 11.6 Å². The molecule has 3 aromatic carbocycles. The fourth-order valence-corrected chi connectivity index (χ4v) is 4.99. The quantitative estimate of drug-likeness (QED) is 0.141. The first-order valence-electron chi connectivity index (χ1n) is 11.3. The second-order valence-corrected chi connectivity index (χ2v) is 9.44. The number of halogens is 2. The van der Waals surface area contributed by atoms with Crippen LogP contribution in [-0.4, -0.2) is 25.7 Å². The fraction of sp³-hybridized carbons (Fsp3) is 0.0345. The standard InChI is InChI=1S/C29H16Cl2N4O2/c1-32-17-10-8-16(9-11-17)24-15-25-29(34(24)2)33-26(35(25)18-6-4-3-5-7-18)14-21-27(36)19-12-22(30)23(31)13-20(19)28(21)37/h3-15H,2H3. The lowest BCUT2D eigenvalue weighted by atomic mass is 10.1. The third kappa shape index (κ3) is 3.60. The van der Waals surface area contributed by atoms with Crippen molar-refractivity contribution in [3.63, 3.8) is 0 Å². The number of carbonyl (C=O) groups is 2. The van der Waals surface area contributed by atoms with Crippen LogP contribution in [0.3, 0.4) is 0 Å². The van der Waals surface area contributed by atoms with Gasteiger partial charge in [0.05, 0.1) is 33.4 Å². The summed E-state index contributed by atoms with van der Waals surface area (Å²) < 4.78 is 3.87. The number of carbonyl (C=O) groups excluding carboxylic acids is 2. The van der Waals surface area contributed by atoms with Crippen molar-refractivity contribution < 1.29 is 9.59 Å². The smallest absolute Gasteiger partial charge is 0.197 e. The van der Waals surface area contributed by atoms with Gasteiger partial charge in [0.1, 0.15) is 5.82 Å². The predicted molar refractivity (Wildman–Crippen MR) is 145 cm³/mol. The minimum absolute atomic E-state index is 0.00998. The molecule has 2 heterocycles. The lowest BCUT2D eigenvalue weighted by Crippen LogP contribution is -2.03. The highest BCUT2D eigenvalue weighted by atomic mass is 35.5. The summed E-state index contributed by atoms with van der Waals surface area (Å²) in [5.74, 6) is -0.375. The zero-order valence-corrected chi connectivity index (χ0v) is 20.9. The van der Waals surface area contributed by atoms with E-state index in [1.807, 2.05) is 64.7 Å². The SMILES string of the molecule is [C-]#[N+]c1ccc(-c2cc3c(nc(C=C4C(=O)c5cc(Cl)c(Cl)cc5C4=O)n3-c3ccccc3)n2C)cc1. The summed E-state index contributed by atoms with van der Waals surface area (Å²) in [6.07, 6.45) is 1.53. The first kappa shape index (κ1) is 23.0. The molecule has 178 valence electrons. The van der Waals surface area contributed by atoms with Crippen LogP contribution >= 0.6 is 23.2 Å². The molecule has 5 aromatic rings. The molecule has 0 amide bonds. The van der Waals surface area contributed by atoms with Gasteiger partial charge in [-0.25, -0.2) is 9.83 Å². The van der Waals surface area contributed by atoms with E-state index in [2.05, 4.69) is 4.85 Å².